The van der Waals surface area contributed by atoms with E-state index in [4.69, 9.17) is 0 Å². The van der Waals surface area contributed by atoms with Crippen molar-refractivity contribution in [2.75, 3.05) is 13.1 Å². The van der Waals surface area contributed by atoms with E-state index >= 15 is 0 Å². The van der Waals surface area contributed by atoms with Crippen LogP contribution in [0.1, 0.15) is 43.9 Å². The molecule has 2 N–H and O–H groups in total. The molecular weight excluding hydrogens is 224 g/mol. The number of amides is 1. The van der Waals surface area contributed by atoms with Crippen LogP contribution in [0.5, 0.6) is 0 Å². The smallest absolute Gasteiger partial charge is 0.233 e. The van der Waals surface area contributed by atoms with Crippen molar-refractivity contribution < 1.29 is 4.79 Å². The molecule has 18 heavy (non-hydrogen) atoms. The molecule has 0 aliphatic rings. The average Bonchev–Trinajstić information content (AvgIpc) is 2.37. The zero-order chi connectivity index (χ0) is 13.4. The molecule has 0 radical (unpaired) electrons. The second-order valence-electron chi connectivity index (χ2n) is 4.66. The average molecular weight is 248 g/mol. The molecule has 0 heterocycles. The van der Waals surface area contributed by atoms with Gasteiger partial charge in [-0.05, 0) is 31.4 Å². The Morgan fingerprint density at radius 2 is 2.06 bits per heavy atom. The largest absolute Gasteiger partial charge is 0.355 e. The summed E-state index contributed by atoms with van der Waals surface area (Å²) in [5, 5.41) is 6.16. The van der Waals surface area contributed by atoms with Crippen molar-refractivity contribution in [1.29, 1.82) is 0 Å². The minimum Gasteiger partial charge on any atom is -0.355 e. The maximum Gasteiger partial charge on any atom is 0.233 e. The van der Waals surface area contributed by atoms with E-state index in [0.717, 1.165) is 19.4 Å². The molecule has 0 unspecified atom stereocenters. The van der Waals surface area contributed by atoms with Crippen LogP contribution in [0.15, 0.2) is 24.3 Å². The number of hydrogen-bond acceptors (Lipinski definition) is 2. The number of benzene rings is 1. The van der Waals surface area contributed by atoms with Crippen molar-refractivity contribution in [3.05, 3.63) is 35.4 Å². The van der Waals surface area contributed by atoms with Gasteiger partial charge in [-0.3, -0.25) is 4.79 Å². The molecule has 100 valence electrons. The van der Waals surface area contributed by atoms with Gasteiger partial charge in [-0.1, -0.05) is 37.6 Å². The Balaban J connectivity index is 2.35. The van der Waals surface area contributed by atoms with Gasteiger partial charge in [-0.2, -0.15) is 0 Å². The topological polar surface area (TPSA) is 41.1 Å². The molecule has 0 aliphatic carbocycles. The number of nitrogens with one attached hydrogen (secondary N) is 2. The molecule has 0 spiro atoms. The summed E-state index contributed by atoms with van der Waals surface area (Å²) in [7, 11) is 0. The number of carbonyl (C=O) groups excluding carboxylic acids is 1. The summed E-state index contributed by atoms with van der Waals surface area (Å²) in [6.45, 7) is 7.44. The van der Waals surface area contributed by atoms with Crippen LogP contribution in [0.3, 0.4) is 0 Å². The molecule has 0 aromatic heterocycles. The zero-order valence-electron chi connectivity index (χ0n) is 11.6. The monoisotopic (exact) mass is 248 g/mol. The Morgan fingerprint density at radius 3 is 2.72 bits per heavy atom. The van der Waals surface area contributed by atoms with Crippen LogP contribution in [0, 0.1) is 6.92 Å². The van der Waals surface area contributed by atoms with Crippen molar-refractivity contribution in [3.63, 3.8) is 0 Å². The third-order valence-corrected chi connectivity index (χ3v) is 3.08. The second kappa shape index (κ2) is 7.88. The van der Waals surface area contributed by atoms with Crippen molar-refractivity contribution in [3.8, 4) is 0 Å². The van der Waals surface area contributed by atoms with Crippen LogP contribution >= 0.6 is 0 Å². The van der Waals surface area contributed by atoms with Crippen molar-refractivity contribution in [2.24, 2.45) is 0 Å². The Labute approximate surface area is 110 Å². The fourth-order valence-electron chi connectivity index (χ4n) is 1.90. The van der Waals surface area contributed by atoms with E-state index in [2.05, 4.69) is 43.5 Å². The normalized spacial score (nSPS) is 12.2. The van der Waals surface area contributed by atoms with Crippen molar-refractivity contribution >= 4 is 5.91 Å². The number of hydrogen-bond donors (Lipinski definition) is 2. The van der Waals surface area contributed by atoms with Crippen molar-refractivity contribution in [1.82, 2.24) is 10.6 Å². The van der Waals surface area contributed by atoms with E-state index in [9.17, 15) is 4.79 Å². The Bertz CT molecular complexity index is 377. The predicted molar refractivity (Wildman–Crippen MR) is 75.5 cm³/mol. The molecule has 3 nitrogen and oxygen atoms in total. The fraction of sp³-hybridized carbons (Fsp3) is 0.533. The highest BCUT2D eigenvalue weighted by Gasteiger charge is 2.08. The summed E-state index contributed by atoms with van der Waals surface area (Å²) in [5.41, 5.74) is 2.50. The number of unbranched alkanes of at least 4 members (excludes halogenated alkanes) is 1. The second-order valence-corrected chi connectivity index (χ2v) is 4.66. The molecule has 0 saturated carbocycles. The first-order valence-corrected chi connectivity index (χ1v) is 6.70. The molecular formula is C15H24N2O. The highest BCUT2D eigenvalue weighted by atomic mass is 16.1. The first-order chi connectivity index (χ1) is 8.65. The van der Waals surface area contributed by atoms with Crippen molar-refractivity contribution in [2.45, 2.75) is 39.7 Å². The molecule has 0 aliphatic heterocycles. The van der Waals surface area contributed by atoms with E-state index in [-0.39, 0.29) is 11.9 Å². The summed E-state index contributed by atoms with van der Waals surface area (Å²) >= 11 is 0. The molecule has 1 amide bonds. The van der Waals surface area contributed by atoms with Crippen LogP contribution in [-0.4, -0.2) is 19.0 Å². The van der Waals surface area contributed by atoms with Crippen LogP contribution < -0.4 is 10.6 Å². The quantitative estimate of drug-likeness (QED) is 0.728. The van der Waals surface area contributed by atoms with Crippen LogP contribution in [0.2, 0.25) is 0 Å². The summed E-state index contributed by atoms with van der Waals surface area (Å²) in [5.74, 6) is 0.0730. The van der Waals surface area contributed by atoms with E-state index in [0.29, 0.717) is 6.54 Å². The molecule has 1 aromatic rings. The van der Waals surface area contributed by atoms with Gasteiger partial charge in [-0.25, -0.2) is 0 Å². The third-order valence-electron chi connectivity index (χ3n) is 3.08. The summed E-state index contributed by atoms with van der Waals surface area (Å²) in [4.78, 5) is 11.6. The highest BCUT2D eigenvalue weighted by Crippen LogP contribution is 2.15. The van der Waals surface area contributed by atoms with E-state index in [1.807, 2.05) is 12.1 Å². The first-order valence-electron chi connectivity index (χ1n) is 6.70. The molecule has 1 aromatic carbocycles. The van der Waals surface area contributed by atoms with Gasteiger partial charge in [0.15, 0.2) is 0 Å². The summed E-state index contributed by atoms with van der Waals surface area (Å²) < 4.78 is 0. The maximum atomic E-state index is 11.6. The van der Waals surface area contributed by atoms with Crippen LogP contribution in [-0.2, 0) is 4.79 Å². The van der Waals surface area contributed by atoms with Gasteiger partial charge in [0.1, 0.15) is 0 Å². The molecule has 1 rings (SSSR count). The minimum absolute atomic E-state index is 0.0730. The van der Waals surface area contributed by atoms with Gasteiger partial charge in [0.05, 0.1) is 6.54 Å². The maximum absolute atomic E-state index is 11.6. The lowest BCUT2D eigenvalue weighted by molar-refractivity contribution is -0.120. The van der Waals surface area contributed by atoms with E-state index in [1.165, 1.54) is 11.1 Å². The third kappa shape index (κ3) is 4.88. The van der Waals surface area contributed by atoms with Gasteiger partial charge in [-0.15, -0.1) is 0 Å². The van der Waals surface area contributed by atoms with E-state index < -0.39 is 0 Å². The Morgan fingerprint density at radius 1 is 1.33 bits per heavy atom. The standard InChI is InChI=1S/C15H24N2O/c1-4-5-10-16-15(18)11-17-13(3)14-9-7-6-8-12(14)2/h6-9,13,17H,4-5,10-11H2,1-3H3,(H,16,18)/t13-/m1/s1. The minimum atomic E-state index is 0.0730. The van der Waals surface area contributed by atoms with Gasteiger partial charge in [0.25, 0.3) is 0 Å². The lowest BCUT2D eigenvalue weighted by atomic mass is 10.0. The molecule has 0 fully saturated rings. The highest BCUT2D eigenvalue weighted by molar-refractivity contribution is 5.78. The zero-order valence-corrected chi connectivity index (χ0v) is 11.6. The lowest BCUT2D eigenvalue weighted by Gasteiger charge is -2.16. The molecule has 1 atom stereocenters. The molecule has 0 saturated heterocycles. The predicted octanol–water partition coefficient (Wildman–Crippen LogP) is 2.56. The number of aryl methyl sites for hydroxylation is 1. The van der Waals surface area contributed by atoms with E-state index in [1.54, 1.807) is 0 Å². The molecule has 0 bridgehead atoms. The van der Waals surface area contributed by atoms with Gasteiger partial charge in [0.2, 0.25) is 5.91 Å². The molecule has 3 heteroatoms. The summed E-state index contributed by atoms with van der Waals surface area (Å²) in [6.07, 6.45) is 2.15. The van der Waals surface area contributed by atoms with Gasteiger partial charge in [0, 0.05) is 12.6 Å². The SMILES string of the molecule is CCCCNC(=O)CN[C@H](C)c1ccccc1C. The lowest BCUT2D eigenvalue weighted by Crippen LogP contribution is -2.35. The summed E-state index contributed by atoms with van der Waals surface area (Å²) in [6, 6.07) is 8.45. The Hall–Kier alpha value is -1.35. The van der Waals surface area contributed by atoms with Crippen LogP contribution in [0.25, 0.3) is 0 Å². The number of rotatable bonds is 7. The van der Waals surface area contributed by atoms with Gasteiger partial charge < -0.3 is 10.6 Å². The Kier molecular flexibility index (Phi) is 6.44. The fourth-order valence-corrected chi connectivity index (χ4v) is 1.90. The van der Waals surface area contributed by atoms with Gasteiger partial charge >= 0.3 is 0 Å². The number of carbonyl (C=O) groups is 1. The van der Waals surface area contributed by atoms with Crippen LogP contribution in [0.4, 0.5) is 0 Å². The first kappa shape index (κ1) is 14.7.